The van der Waals surface area contributed by atoms with Crippen LogP contribution in [0.5, 0.6) is 5.75 Å². The van der Waals surface area contributed by atoms with E-state index in [1.807, 2.05) is 19.1 Å². The Morgan fingerprint density at radius 3 is 2.42 bits per heavy atom. The highest BCUT2D eigenvalue weighted by molar-refractivity contribution is 5.94. The van der Waals surface area contributed by atoms with Crippen molar-refractivity contribution >= 4 is 11.6 Å². The molecule has 2 aromatic rings. The summed E-state index contributed by atoms with van der Waals surface area (Å²) in [4.78, 5) is 12.1. The van der Waals surface area contributed by atoms with Crippen molar-refractivity contribution < 1.29 is 18.3 Å². The monoisotopic (exact) mass is 334 g/mol. The molecule has 0 spiro atoms. The van der Waals surface area contributed by atoms with E-state index in [2.05, 4.69) is 10.6 Å². The summed E-state index contributed by atoms with van der Waals surface area (Å²) in [6, 6.07) is 9.60. The maximum Gasteiger partial charge on any atom is 0.241 e. The van der Waals surface area contributed by atoms with E-state index in [1.165, 1.54) is 19.2 Å². The van der Waals surface area contributed by atoms with Crippen LogP contribution in [0.25, 0.3) is 0 Å². The molecule has 0 aromatic heterocycles. The van der Waals surface area contributed by atoms with Gasteiger partial charge in [0.2, 0.25) is 11.7 Å². The van der Waals surface area contributed by atoms with Crippen molar-refractivity contribution in [3.05, 3.63) is 59.2 Å². The van der Waals surface area contributed by atoms with Crippen molar-refractivity contribution in [2.24, 2.45) is 0 Å². The Bertz CT molecular complexity index is 718. The van der Waals surface area contributed by atoms with Crippen LogP contribution < -0.4 is 15.4 Å². The lowest BCUT2D eigenvalue weighted by Gasteiger charge is -2.15. The maximum absolute atomic E-state index is 13.9. The summed E-state index contributed by atoms with van der Waals surface area (Å²) in [6.07, 6.45) is 0. The van der Waals surface area contributed by atoms with Crippen LogP contribution in [0.2, 0.25) is 0 Å². The summed E-state index contributed by atoms with van der Waals surface area (Å²) in [5.41, 5.74) is 1.90. The molecule has 1 unspecified atom stereocenters. The number of nitrogens with one attached hydrogen (secondary N) is 2. The van der Waals surface area contributed by atoms with Crippen LogP contribution in [0.3, 0.4) is 0 Å². The molecule has 0 aliphatic carbocycles. The van der Waals surface area contributed by atoms with E-state index in [0.29, 0.717) is 5.69 Å². The normalized spacial score (nSPS) is 11.9. The minimum absolute atomic E-state index is 0.0230. The molecule has 128 valence electrons. The van der Waals surface area contributed by atoms with E-state index in [0.717, 1.165) is 5.56 Å². The predicted octanol–water partition coefficient (Wildman–Crippen LogP) is 3.40. The summed E-state index contributed by atoms with van der Waals surface area (Å²) < 4.78 is 32.3. The fourth-order valence-electron chi connectivity index (χ4n) is 2.11. The summed E-state index contributed by atoms with van der Waals surface area (Å²) in [5.74, 6) is -2.42. The first-order valence-corrected chi connectivity index (χ1v) is 7.54. The molecule has 1 atom stereocenters. The van der Waals surface area contributed by atoms with Crippen LogP contribution in [-0.4, -0.2) is 19.1 Å². The Hall–Kier alpha value is -2.47. The number of carbonyl (C=O) groups excluding carboxylic acids is 1. The zero-order chi connectivity index (χ0) is 17.7. The van der Waals surface area contributed by atoms with Gasteiger partial charge in [-0.05, 0) is 32.0 Å². The first kappa shape index (κ1) is 17.9. The maximum atomic E-state index is 13.9. The molecule has 0 aliphatic heterocycles. The molecule has 0 saturated heterocycles. The molecule has 0 heterocycles. The first-order chi connectivity index (χ1) is 11.4. The van der Waals surface area contributed by atoms with Crippen LogP contribution in [0, 0.1) is 18.6 Å². The number of hydrogen-bond donors (Lipinski definition) is 2. The molecular formula is C18H20F2N2O2. The van der Waals surface area contributed by atoms with Gasteiger partial charge in [-0.15, -0.1) is 0 Å². The molecule has 6 heteroatoms. The lowest BCUT2D eigenvalue weighted by atomic mass is 10.1. The van der Waals surface area contributed by atoms with Crippen molar-refractivity contribution in [2.45, 2.75) is 26.4 Å². The molecule has 4 nitrogen and oxygen atoms in total. The topological polar surface area (TPSA) is 50.4 Å². The number of methoxy groups -OCH3 is 1. The highest BCUT2D eigenvalue weighted by Gasteiger charge is 2.16. The van der Waals surface area contributed by atoms with Crippen molar-refractivity contribution in [3.8, 4) is 5.75 Å². The van der Waals surface area contributed by atoms with Gasteiger partial charge in [-0.2, -0.15) is 4.39 Å². The van der Waals surface area contributed by atoms with E-state index in [1.54, 1.807) is 19.1 Å². The molecule has 0 aliphatic rings. The Balaban J connectivity index is 1.95. The van der Waals surface area contributed by atoms with Crippen LogP contribution in [-0.2, 0) is 11.3 Å². The Kier molecular flexibility index (Phi) is 5.87. The number of hydrogen-bond acceptors (Lipinski definition) is 3. The van der Waals surface area contributed by atoms with Crippen molar-refractivity contribution in [1.82, 2.24) is 5.32 Å². The fourth-order valence-corrected chi connectivity index (χ4v) is 2.11. The van der Waals surface area contributed by atoms with Gasteiger partial charge in [-0.1, -0.05) is 23.8 Å². The molecule has 2 rings (SSSR count). The quantitative estimate of drug-likeness (QED) is 0.851. The lowest BCUT2D eigenvalue weighted by molar-refractivity contribution is -0.117. The van der Waals surface area contributed by atoms with Crippen molar-refractivity contribution in [2.75, 3.05) is 12.4 Å². The lowest BCUT2D eigenvalue weighted by Crippen LogP contribution is -2.37. The molecule has 0 fully saturated rings. The molecule has 2 N–H and O–H groups in total. The molecule has 0 saturated carbocycles. The molecule has 2 aromatic carbocycles. The van der Waals surface area contributed by atoms with Gasteiger partial charge in [0.25, 0.3) is 0 Å². The number of carbonyl (C=O) groups is 1. The smallest absolute Gasteiger partial charge is 0.241 e. The number of ether oxygens (including phenoxy) is 1. The zero-order valence-electron chi connectivity index (χ0n) is 13.8. The van der Waals surface area contributed by atoms with Gasteiger partial charge in [-0.25, -0.2) is 4.39 Å². The van der Waals surface area contributed by atoms with Gasteiger partial charge in [0, 0.05) is 17.8 Å². The highest BCUT2D eigenvalue weighted by Crippen LogP contribution is 2.22. The standard InChI is InChI=1S/C18H20F2N2O2/c1-11-4-7-14(8-5-11)22-18(23)12(2)21-10-13-6-9-15(24-3)17(20)16(13)19/h4-9,12,21H,10H2,1-3H3,(H,22,23). The molecule has 1 amide bonds. The van der Waals surface area contributed by atoms with E-state index in [4.69, 9.17) is 4.74 Å². The molecule has 0 bridgehead atoms. The van der Waals surface area contributed by atoms with Crippen LogP contribution >= 0.6 is 0 Å². The Labute approximate surface area is 139 Å². The Morgan fingerprint density at radius 1 is 1.12 bits per heavy atom. The number of rotatable bonds is 6. The van der Waals surface area contributed by atoms with Gasteiger partial charge in [0.15, 0.2) is 11.6 Å². The van der Waals surface area contributed by atoms with E-state index >= 15 is 0 Å². The molecule has 24 heavy (non-hydrogen) atoms. The van der Waals surface area contributed by atoms with Gasteiger partial charge in [0.1, 0.15) is 0 Å². The van der Waals surface area contributed by atoms with Crippen LogP contribution in [0.1, 0.15) is 18.1 Å². The third-order valence-electron chi connectivity index (χ3n) is 3.66. The number of halogens is 2. The minimum atomic E-state index is -1.03. The number of aryl methyl sites for hydroxylation is 1. The first-order valence-electron chi connectivity index (χ1n) is 7.54. The summed E-state index contributed by atoms with van der Waals surface area (Å²) >= 11 is 0. The fraction of sp³-hybridized carbons (Fsp3) is 0.278. The summed E-state index contributed by atoms with van der Waals surface area (Å²) in [5, 5.41) is 5.64. The second kappa shape index (κ2) is 7.88. The summed E-state index contributed by atoms with van der Waals surface area (Å²) in [6.45, 7) is 3.63. The van der Waals surface area contributed by atoms with Crippen molar-refractivity contribution in [1.29, 1.82) is 0 Å². The van der Waals surface area contributed by atoms with Crippen molar-refractivity contribution in [3.63, 3.8) is 0 Å². The summed E-state index contributed by atoms with van der Waals surface area (Å²) in [7, 11) is 1.27. The average Bonchev–Trinajstić information content (AvgIpc) is 2.58. The van der Waals surface area contributed by atoms with Gasteiger partial charge < -0.3 is 15.4 Å². The van der Waals surface area contributed by atoms with E-state index in [9.17, 15) is 13.6 Å². The van der Waals surface area contributed by atoms with Gasteiger partial charge in [0.05, 0.1) is 13.2 Å². The predicted molar refractivity (Wildman–Crippen MR) is 89.0 cm³/mol. The highest BCUT2D eigenvalue weighted by atomic mass is 19.2. The third-order valence-corrected chi connectivity index (χ3v) is 3.66. The number of amides is 1. The minimum Gasteiger partial charge on any atom is -0.494 e. The second-order valence-electron chi connectivity index (χ2n) is 5.51. The average molecular weight is 334 g/mol. The molecule has 0 radical (unpaired) electrons. The SMILES string of the molecule is COc1ccc(CNC(C)C(=O)Nc2ccc(C)cc2)c(F)c1F. The van der Waals surface area contributed by atoms with Crippen LogP contribution in [0.4, 0.5) is 14.5 Å². The Morgan fingerprint density at radius 2 is 1.79 bits per heavy atom. The van der Waals surface area contributed by atoms with E-state index in [-0.39, 0.29) is 23.8 Å². The second-order valence-corrected chi connectivity index (χ2v) is 5.51. The molecular weight excluding hydrogens is 314 g/mol. The zero-order valence-corrected chi connectivity index (χ0v) is 13.8. The van der Waals surface area contributed by atoms with Gasteiger partial charge in [-0.3, -0.25) is 4.79 Å². The van der Waals surface area contributed by atoms with Crippen LogP contribution in [0.15, 0.2) is 36.4 Å². The largest absolute Gasteiger partial charge is 0.494 e. The van der Waals surface area contributed by atoms with Gasteiger partial charge >= 0.3 is 0 Å². The van der Waals surface area contributed by atoms with E-state index < -0.39 is 17.7 Å². The number of benzene rings is 2. The number of anilines is 1. The third kappa shape index (κ3) is 4.29.